The van der Waals surface area contributed by atoms with Crippen LogP contribution in [0.4, 0.5) is 18.9 Å². The fourth-order valence-electron chi connectivity index (χ4n) is 3.26. The molecule has 0 atom stereocenters. The summed E-state index contributed by atoms with van der Waals surface area (Å²) in [6.07, 6.45) is -2.50. The Balaban J connectivity index is 1.43. The third kappa shape index (κ3) is 5.95. The van der Waals surface area contributed by atoms with Crippen LogP contribution in [0.25, 0.3) is 0 Å². The highest BCUT2D eigenvalue weighted by atomic mass is 19.4. The van der Waals surface area contributed by atoms with Crippen molar-refractivity contribution in [1.29, 1.82) is 0 Å². The van der Waals surface area contributed by atoms with Crippen molar-refractivity contribution in [1.82, 2.24) is 4.90 Å². The molecule has 1 heterocycles. The molecule has 1 aliphatic rings. The van der Waals surface area contributed by atoms with E-state index in [-0.39, 0.29) is 5.75 Å². The van der Waals surface area contributed by atoms with E-state index in [0.29, 0.717) is 11.6 Å². The van der Waals surface area contributed by atoms with Crippen LogP contribution < -0.4 is 10.1 Å². The highest BCUT2D eigenvalue weighted by Crippen LogP contribution is 2.26. The third-order valence-corrected chi connectivity index (χ3v) is 4.62. The van der Waals surface area contributed by atoms with Gasteiger partial charge in [-0.1, -0.05) is 36.4 Å². The molecule has 0 aromatic heterocycles. The second-order valence-corrected chi connectivity index (χ2v) is 6.66. The van der Waals surface area contributed by atoms with Crippen LogP contribution in [-0.2, 0) is 6.54 Å². The lowest BCUT2D eigenvalue weighted by Crippen LogP contribution is -2.35. The Hall–Kier alpha value is -2.21. The summed E-state index contributed by atoms with van der Waals surface area (Å²) in [5.74, 6) is 0.328. The first-order chi connectivity index (χ1) is 12.5. The summed E-state index contributed by atoms with van der Waals surface area (Å²) >= 11 is 0. The van der Waals surface area contributed by atoms with Gasteiger partial charge in [0.1, 0.15) is 5.75 Å². The number of ether oxygens (including phenoxy) is 1. The van der Waals surface area contributed by atoms with Gasteiger partial charge in [-0.2, -0.15) is 0 Å². The number of hydrogen-bond donors (Lipinski definition) is 1. The Bertz CT molecular complexity index is 683. The van der Waals surface area contributed by atoms with Crippen molar-refractivity contribution < 1.29 is 17.9 Å². The van der Waals surface area contributed by atoms with Crippen LogP contribution in [0.5, 0.6) is 5.75 Å². The van der Waals surface area contributed by atoms with Crippen molar-refractivity contribution >= 4 is 5.69 Å². The second-order valence-electron chi connectivity index (χ2n) is 6.66. The molecule has 0 radical (unpaired) electrons. The first-order valence-corrected chi connectivity index (χ1v) is 8.84. The zero-order chi connectivity index (χ0) is 18.4. The molecule has 0 saturated carbocycles. The number of piperidine rings is 1. The Labute approximate surface area is 151 Å². The van der Waals surface area contributed by atoms with Crippen molar-refractivity contribution in [3.63, 3.8) is 0 Å². The van der Waals surface area contributed by atoms with Gasteiger partial charge in [0.05, 0.1) is 0 Å². The van der Waals surface area contributed by atoms with Crippen molar-refractivity contribution in [3.05, 3.63) is 60.2 Å². The summed E-state index contributed by atoms with van der Waals surface area (Å²) in [6, 6.07) is 16.4. The highest BCUT2D eigenvalue weighted by molar-refractivity contribution is 5.48. The van der Waals surface area contributed by atoms with Crippen molar-refractivity contribution in [3.8, 4) is 5.75 Å². The van der Waals surface area contributed by atoms with E-state index in [0.717, 1.165) is 39.0 Å². The molecule has 2 aromatic rings. The van der Waals surface area contributed by atoms with E-state index < -0.39 is 6.36 Å². The lowest BCUT2D eigenvalue weighted by Gasteiger charge is -2.32. The molecule has 0 aliphatic carbocycles. The molecule has 1 fully saturated rings. The van der Waals surface area contributed by atoms with Crippen LogP contribution in [0.2, 0.25) is 0 Å². The Kier molecular flexibility index (Phi) is 6.04. The SMILES string of the molecule is FC(F)(F)Oc1cccc(NCC2CCN(Cc3ccccc3)CC2)c1. The molecule has 1 aliphatic heterocycles. The summed E-state index contributed by atoms with van der Waals surface area (Å²) in [6.45, 7) is 3.81. The molecule has 0 unspecified atom stereocenters. The Morgan fingerprint density at radius 2 is 1.73 bits per heavy atom. The number of rotatable bonds is 6. The number of benzene rings is 2. The zero-order valence-electron chi connectivity index (χ0n) is 14.5. The van der Waals surface area contributed by atoms with E-state index in [1.54, 1.807) is 12.1 Å². The summed E-state index contributed by atoms with van der Waals surface area (Å²) in [4.78, 5) is 2.45. The van der Waals surface area contributed by atoms with Crippen LogP contribution in [0.1, 0.15) is 18.4 Å². The largest absolute Gasteiger partial charge is 0.573 e. The van der Waals surface area contributed by atoms with E-state index in [2.05, 4.69) is 39.2 Å². The van der Waals surface area contributed by atoms with Crippen LogP contribution in [0, 0.1) is 5.92 Å². The molecule has 3 nitrogen and oxygen atoms in total. The zero-order valence-corrected chi connectivity index (χ0v) is 14.5. The van der Waals surface area contributed by atoms with Gasteiger partial charge >= 0.3 is 6.36 Å². The molecule has 0 spiro atoms. The number of alkyl halides is 3. The average Bonchev–Trinajstić information content (AvgIpc) is 2.61. The number of nitrogens with one attached hydrogen (secondary N) is 1. The van der Waals surface area contributed by atoms with Gasteiger partial charge in [-0.05, 0) is 49.5 Å². The van der Waals surface area contributed by atoms with Gasteiger partial charge in [-0.25, -0.2) is 0 Å². The predicted molar refractivity (Wildman–Crippen MR) is 96.1 cm³/mol. The van der Waals surface area contributed by atoms with Gasteiger partial charge in [-0.15, -0.1) is 13.2 Å². The maximum absolute atomic E-state index is 12.3. The second kappa shape index (κ2) is 8.45. The topological polar surface area (TPSA) is 24.5 Å². The van der Waals surface area contributed by atoms with Crippen LogP contribution in [-0.4, -0.2) is 30.9 Å². The molecule has 140 valence electrons. The van der Waals surface area contributed by atoms with Gasteiger partial charge in [0, 0.05) is 24.8 Å². The fourth-order valence-corrected chi connectivity index (χ4v) is 3.26. The maximum atomic E-state index is 12.3. The van der Waals surface area contributed by atoms with Crippen molar-refractivity contribution in [2.24, 2.45) is 5.92 Å². The average molecular weight is 364 g/mol. The van der Waals surface area contributed by atoms with E-state index in [9.17, 15) is 13.2 Å². The van der Waals surface area contributed by atoms with Crippen molar-refractivity contribution in [2.75, 3.05) is 25.0 Å². The van der Waals surface area contributed by atoms with E-state index in [4.69, 9.17) is 0 Å². The third-order valence-electron chi connectivity index (χ3n) is 4.62. The first-order valence-electron chi connectivity index (χ1n) is 8.84. The molecule has 26 heavy (non-hydrogen) atoms. The quantitative estimate of drug-likeness (QED) is 0.788. The first kappa shape index (κ1) is 18.6. The molecule has 1 N–H and O–H groups in total. The van der Waals surface area contributed by atoms with Gasteiger partial charge in [-0.3, -0.25) is 4.90 Å². The van der Waals surface area contributed by atoms with Gasteiger partial charge in [0.2, 0.25) is 0 Å². The van der Waals surface area contributed by atoms with Crippen molar-refractivity contribution in [2.45, 2.75) is 25.7 Å². The molecular weight excluding hydrogens is 341 g/mol. The fraction of sp³-hybridized carbons (Fsp3) is 0.400. The molecule has 0 amide bonds. The number of anilines is 1. The Morgan fingerprint density at radius 3 is 2.42 bits per heavy atom. The number of halogens is 3. The summed E-state index contributed by atoms with van der Waals surface area (Å²) in [5, 5.41) is 3.24. The number of nitrogens with zero attached hydrogens (tertiary/aromatic N) is 1. The highest BCUT2D eigenvalue weighted by Gasteiger charge is 2.31. The molecular formula is C20H23F3N2O. The van der Waals surface area contributed by atoms with Crippen LogP contribution >= 0.6 is 0 Å². The van der Waals surface area contributed by atoms with E-state index in [1.807, 2.05) is 6.07 Å². The number of hydrogen-bond acceptors (Lipinski definition) is 3. The van der Waals surface area contributed by atoms with Gasteiger partial charge < -0.3 is 10.1 Å². The smallest absolute Gasteiger partial charge is 0.406 e. The minimum atomic E-state index is -4.66. The van der Waals surface area contributed by atoms with E-state index in [1.165, 1.54) is 17.7 Å². The lowest BCUT2D eigenvalue weighted by atomic mass is 9.96. The number of likely N-dealkylation sites (tertiary alicyclic amines) is 1. The molecule has 1 saturated heterocycles. The van der Waals surface area contributed by atoms with Gasteiger partial charge in [0.15, 0.2) is 0 Å². The monoisotopic (exact) mass is 364 g/mol. The summed E-state index contributed by atoms with van der Waals surface area (Å²) in [7, 11) is 0. The minimum absolute atomic E-state index is 0.194. The molecule has 6 heteroatoms. The lowest BCUT2D eigenvalue weighted by molar-refractivity contribution is -0.274. The standard InChI is InChI=1S/C20H23F3N2O/c21-20(22,23)26-19-8-4-7-18(13-19)24-14-16-9-11-25(12-10-16)15-17-5-2-1-3-6-17/h1-8,13,16,24H,9-12,14-15H2. The van der Waals surface area contributed by atoms with Gasteiger partial charge in [0.25, 0.3) is 0 Å². The Morgan fingerprint density at radius 1 is 1.00 bits per heavy atom. The summed E-state index contributed by atoms with van der Waals surface area (Å²) < 4.78 is 40.8. The molecule has 3 rings (SSSR count). The van der Waals surface area contributed by atoms with Crippen LogP contribution in [0.15, 0.2) is 54.6 Å². The normalized spacial score (nSPS) is 16.4. The van der Waals surface area contributed by atoms with E-state index >= 15 is 0 Å². The van der Waals surface area contributed by atoms with Crippen LogP contribution in [0.3, 0.4) is 0 Å². The summed E-state index contributed by atoms with van der Waals surface area (Å²) in [5.41, 5.74) is 1.98. The minimum Gasteiger partial charge on any atom is -0.406 e. The molecule has 2 aromatic carbocycles. The maximum Gasteiger partial charge on any atom is 0.573 e. The molecule has 0 bridgehead atoms. The predicted octanol–water partition coefficient (Wildman–Crippen LogP) is 4.91.